The van der Waals surface area contributed by atoms with Crippen LogP contribution in [0, 0.1) is 0 Å². The van der Waals surface area contributed by atoms with E-state index in [2.05, 4.69) is 18.4 Å². The Morgan fingerprint density at radius 1 is 1.78 bits per heavy atom. The molecule has 1 saturated heterocycles. The van der Waals surface area contributed by atoms with Gasteiger partial charge in [0, 0.05) is 18.8 Å². The van der Waals surface area contributed by atoms with E-state index < -0.39 is 0 Å². The standard InChI is InChI=1S/C7H13NS/c1-3-8-5-4-6-9-7(8)2/h2-6H2,1H3. The molecule has 1 heterocycles. The third-order valence-corrected chi connectivity index (χ3v) is 2.66. The van der Waals surface area contributed by atoms with Crippen LogP contribution in [0.2, 0.25) is 0 Å². The molecule has 0 saturated carbocycles. The lowest BCUT2D eigenvalue weighted by atomic mass is 10.4. The van der Waals surface area contributed by atoms with E-state index in [1.807, 2.05) is 11.8 Å². The molecule has 0 radical (unpaired) electrons. The second-order valence-electron chi connectivity index (χ2n) is 2.18. The Bertz CT molecular complexity index is 111. The van der Waals surface area contributed by atoms with Crippen LogP contribution in [-0.4, -0.2) is 23.7 Å². The van der Waals surface area contributed by atoms with Crippen LogP contribution in [0.25, 0.3) is 0 Å². The van der Waals surface area contributed by atoms with Crippen LogP contribution in [0.15, 0.2) is 11.6 Å². The van der Waals surface area contributed by atoms with Crippen LogP contribution in [0.5, 0.6) is 0 Å². The molecular formula is C7H13NS. The molecular weight excluding hydrogens is 130 g/mol. The van der Waals surface area contributed by atoms with Crippen molar-refractivity contribution in [1.29, 1.82) is 0 Å². The van der Waals surface area contributed by atoms with E-state index in [0.717, 1.165) is 6.54 Å². The fourth-order valence-corrected chi connectivity index (χ4v) is 1.91. The van der Waals surface area contributed by atoms with Crippen molar-refractivity contribution in [2.75, 3.05) is 18.8 Å². The van der Waals surface area contributed by atoms with Crippen molar-refractivity contribution in [2.45, 2.75) is 13.3 Å². The van der Waals surface area contributed by atoms with Crippen LogP contribution >= 0.6 is 11.8 Å². The van der Waals surface area contributed by atoms with Gasteiger partial charge in [0.2, 0.25) is 0 Å². The highest BCUT2D eigenvalue weighted by atomic mass is 32.2. The minimum absolute atomic E-state index is 1.12. The van der Waals surface area contributed by atoms with Crippen LogP contribution in [0.4, 0.5) is 0 Å². The molecule has 0 aromatic rings. The van der Waals surface area contributed by atoms with Gasteiger partial charge in [0.05, 0.1) is 5.03 Å². The van der Waals surface area contributed by atoms with Gasteiger partial charge in [-0.2, -0.15) is 0 Å². The molecule has 2 heteroatoms. The minimum atomic E-state index is 1.12. The van der Waals surface area contributed by atoms with Gasteiger partial charge in [-0.05, 0) is 13.3 Å². The van der Waals surface area contributed by atoms with Crippen molar-refractivity contribution in [3.05, 3.63) is 11.6 Å². The highest BCUT2D eigenvalue weighted by Gasteiger charge is 2.10. The summed E-state index contributed by atoms with van der Waals surface area (Å²) in [5.74, 6) is 1.26. The molecule has 0 aliphatic carbocycles. The molecule has 1 aliphatic heterocycles. The van der Waals surface area contributed by atoms with E-state index in [1.54, 1.807) is 0 Å². The Morgan fingerprint density at radius 3 is 3.00 bits per heavy atom. The lowest BCUT2D eigenvalue weighted by Crippen LogP contribution is -2.25. The molecule has 0 amide bonds. The van der Waals surface area contributed by atoms with Crippen molar-refractivity contribution in [3.8, 4) is 0 Å². The van der Waals surface area contributed by atoms with Crippen LogP contribution in [-0.2, 0) is 0 Å². The fraction of sp³-hybridized carbons (Fsp3) is 0.714. The molecule has 0 unspecified atom stereocenters. The molecule has 0 atom stereocenters. The third-order valence-electron chi connectivity index (χ3n) is 1.58. The zero-order valence-corrected chi connectivity index (χ0v) is 6.71. The maximum atomic E-state index is 3.96. The van der Waals surface area contributed by atoms with Gasteiger partial charge in [-0.3, -0.25) is 0 Å². The highest BCUT2D eigenvalue weighted by Crippen LogP contribution is 2.23. The molecule has 0 aromatic heterocycles. The number of rotatable bonds is 1. The largest absolute Gasteiger partial charge is 0.367 e. The average Bonchev–Trinajstić information content (AvgIpc) is 1.89. The van der Waals surface area contributed by atoms with E-state index >= 15 is 0 Å². The predicted octanol–water partition coefficient (Wildman–Crippen LogP) is 1.92. The quantitative estimate of drug-likeness (QED) is 0.551. The average molecular weight is 143 g/mol. The zero-order valence-electron chi connectivity index (χ0n) is 5.89. The summed E-state index contributed by atoms with van der Waals surface area (Å²) < 4.78 is 0. The molecule has 0 N–H and O–H groups in total. The number of thioether (sulfide) groups is 1. The van der Waals surface area contributed by atoms with Crippen LogP contribution in [0.1, 0.15) is 13.3 Å². The van der Waals surface area contributed by atoms with Gasteiger partial charge in [0.25, 0.3) is 0 Å². The Labute approximate surface area is 61.1 Å². The van der Waals surface area contributed by atoms with Crippen LogP contribution < -0.4 is 0 Å². The summed E-state index contributed by atoms with van der Waals surface area (Å²) in [6, 6.07) is 0. The second-order valence-corrected chi connectivity index (χ2v) is 3.34. The summed E-state index contributed by atoms with van der Waals surface area (Å²) >= 11 is 1.88. The highest BCUT2D eigenvalue weighted by molar-refractivity contribution is 8.03. The third kappa shape index (κ3) is 1.65. The van der Waals surface area contributed by atoms with Gasteiger partial charge in [0.1, 0.15) is 0 Å². The topological polar surface area (TPSA) is 3.24 Å². The maximum absolute atomic E-state index is 3.96. The Balaban J connectivity index is 2.39. The molecule has 0 spiro atoms. The SMILES string of the molecule is C=C1SCCCN1CC. The summed E-state index contributed by atoms with van der Waals surface area (Å²) in [7, 11) is 0. The van der Waals surface area contributed by atoms with Crippen molar-refractivity contribution in [1.82, 2.24) is 4.90 Å². The fourth-order valence-electron chi connectivity index (χ4n) is 0.996. The predicted molar refractivity (Wildman–Crippen MR) is 43.5 cm³/mol. The summed E-state index contributed by atoms with van der Waals surface area (Å²) in [6.07, 6.45) is 1.32. The Morgan fingerprint density at radius 2 is 2.56 bits per heavy atom. The van der Waals surface area contributed by atoms with Gasteiger partial charge in [-0.15, -0.1) is 11.8 Å². The maximum Gasteiger partial charge on any atom is 0.0634 e. The van der Waals surface area contributed by atoms with Gasteiger partial charge < -0.3 is 4.90 Å². The second kappa shape index (κ2) is 3.16. The van der Waals surface area contributed by atoms with Gasteiger partial charge in [-0.1, -0.05) is 6.58 Å². The smallest absolute Gasteiger partial charge is 0.0634 e. The summed E-state index contributed by atoms with van der Waals surface area (Å²) in [5, 5.41) is 1.25. The molecule has 1 fully saturated rings. The normalized spacial score (nSPS) is 20.6. The van der Waals surface area contributed by atoms with Crippen molar-refractivity contribution in [3.63, 3.8) is 0 Å². The van der Waals surface area contributed by atoms with Gasteiger partial charge in [-0.25, -0.2) is 0 Å². The summed E-state index contributed by atoms with van der Waals surface area (Å²) in [6.45, 7) is 8.46. The Hall–Kier alpha value is -0.110. The van der Waals surface area contributed by atoms with Gasteiger partial charge >= 0.3 is 0 Å². The summed E-state index contributed by atoms with van der Waals surface area (Å²) in [4.78, 5) is 2.33. The van der Waals surface area contributed by atoms with Crippen molar-refractivity contribution < 1.29 is 0 Å². The first-order chi connectivity index (χ1) is 4.34. The molecule has 1 aliphatic rings. The van der Waals surface area contributed by atoms with Crippen molar-refractivity contribution >= 4 is 11.8 Å². The molecule has 0 bridgehead atoms. The number of nitrogens with zero attached hydrogens (tertiary/aromatic N) is 1. The first-order valence-corrected chi connectivity index (χ1v) is 4.40. The van der Waals surface area contributed by atoms with Gasteiger partial charge in [0.15, 0.2) is 0 Å². The molecule has 52 valence electrons. The molecule has 1 rings (SSSR count). The monoisotopic (exact) mass is 143 g/mol. The molecule has 9 heavy (non-hydrogen) atoms. The molecule has 1 nitrogen and oxygen atoms in total. The first kappa shape index (κ1) is 7.00. The summed E-state index contributed by atoms with van der Waals surface area (Å²) in [5.41, 5.74) is 0. The zero-order chi connectivity index (χ0) is 6.69. The number of hydrogen-bond donors (Lipinski definition) is 0. The van der Waals surface area contributed by atoms with Crippen molar-refractivity contribution in [2.24, 2.45) is 0 Å². The lowest BCUT2D eigenvalue weighted by Gasteiger charge is -2.28. The van der Waals surface area contributed by atoms with E-state index in [-0.39, 0.29) is 0 Å². The van der Waals surface area contributed by atoms with E-state index in [4.69, 9.17) is 0 Å². The first-order valence-electron chi connectivity index (χ1n) is 3.41. The van der Waals surface area contributed by atoms with E-state index in [9.17, 15) is 0 Å². The van der Waals surface area contributed by atoms with E-state index in [1.165, 1.54) is 23.7 Å². The number of hydrogen-bond acceptors (Lipinski definition) is 2. The molecule has 0 aromatic carbocycles. The Kier molecular flexibility index (Phi) is 2.46. The van der Waals surface area contributed by atoms with Crippen LogP contribution in [0.3, 0.4) is 0 Å². The lowest BCUT2D eigenvalue weighted by molar-refractivity contribution is 0.382. The van der Waals surface area contributed by atoms with E-state index in [0.29, 0.717) is 0 Å². The minimum Gasteiger partial charge on any atom is -0.367 e.